The smallest absolute Gasteiger partial charge is 0.143 e. The second-order valence-corrected chi connectivity index (χ2v) is 13.2. The van der Waals surface area contributed by atoms with E-state index in [1.807, 2.05) is 36.5 Å². The number of fused-ring (bicyclic) bond motifs is 11. The van der Waals surface area contributed by atoms with Crippen LogP contribution in [0.4, 0.5) is 17.1 Å². The van der Waals surface area contributed by atoms with Crippen molar-refractivity contribution in [2.24, 2.45) is 0 Å². The van der Waals surface area contributed by atoms with Crippen LogP contribution in [0.3, 0.4) is 0 Å². The molecule has 11 aromatic rings. The van der Waals surface area contributed by atoms with Crippen LogP contribution in [0, 0.1) is 0 Å². The van der Waals surface area contributed by atoms with Crippen LogP contribution < -0.4 is 4.90 Å². The zero-order chi connectivity index (χ0) is 33.5. The van der Waals surface area contributed by atoms with Crippen molar-refractivity contribution in [3.63, 3.8) is 0 Å². The van der Waals surface area contributed by atoms with Crippen LogP contribution in [0.2, 0.25) is 0 Å². The minimum atomic E-state index is 0.906. The fourth-order valence-corrected chi connectivity index (χ4v) is 7.78. The molecule has 3 aromatic heterocycles. The number of nitrogens with zero attached hydrogens (tertiary/aromatic N) is 2. The molecule has 8 aromatic carbocycles. The molecule has 0 radical (unpaired) electrons. The summed E-state index contributed by atoms with van der Waals surface area (Å²) < 4.78 is 12.8. The molecular formula is C47H28N2O2. The third-order valence-electron chi connectivity index (χ3n) is 10.3. The minimum Gasteiger partial charge on any atom is -0.455 e. The molecule has 238 valence electrons. The van der Waals surface area contributed by atoms with Gasteiger partial charge in [0.05, 0.1) is 5.52 Å². The molecule has 4 nitrogen and oxygen atoms in total. The average Bonchev–Trinajstić information content (AvgIpc) is 3.77. The second-order valence-electron chi connectivity index (χ2n) is 13.2. The van der Waals surface area contributed by atoms with Crippen LogP contribution in [0.1, 0.15) is 0 Å². The zero-order valence-corrected chi connectivity index (χ0v) is 27.4. The van der Waals surface area contributed by atoms with Crippen molar-refractivity contribution < 1.29 is 8.83 Å². The lowest BCUT2D eigenvalue weighted by Gasteiger charge is -2.26. The molecule has 3 heterocycles. The van der Waals surface area contributed by atoms with Gasteiger partial charge >= 0.3 is 0 Å². The van der Waals surface area contributed by atoms with Crippen LogP contribution >= 0.6 is 0 Å². The molecule has 0 atom stereocenters. The molecule has 0 N–H and O–H groups in total. The normalized spacial score (nSPS) is 11.9. The van der Waals surface area contributed by atoms with E-state index >= 15 is 0 Å². The van der Waals surface area contributed by atoms with Gasteiger partial charge in [0.2, 0.25) is 0 Å². The Morgan fingerprint density at radius 3 is 1.55 bits per heavy atom. The van der Waals surface area contributed by atoms with E-state index in [4.69, 9.17) is 8.83 Å². The summed E-state index contributed by atoms with van der Waals surface area (Å²) in [5.41, 5.74) is 10.1. The van der Waals surface area contributed by atoms with Crippen LogP contribution in [-0.2, 0) is 0 Å². The van der Waals surface area contributed by atoms with Gasteiger partial charge < -0.3 is 13.7 Å². The number of rotatable bonds is 4. The van der Waals surface area contributed by atoms with E-state index in [0.29, 0.717) is 0 Å². The first-order valence-electron chi connectivity index (χ1n) is 17.2. The zero-order valence-electron chi connectivity index (χ0n) is 27.4. The number of hydrogen-bond acceptors (Lipinski definition) is 4. The summed E-state index contributed by atoms with van der Waals surface area (Å²) in [4.78, 5) is 6.83. The molecule has 0 spiro atoms. The van der Waals surface area contributed by atoms with E-state index < -0.39 is 0 Å². The number of benzene rings is 8. The monoisotopic (exact) mass is 652 g/mol. The summed E-state index contributed by atoms with van der Waals surface area (Å²) in [5, 5.41) is 10.1. The third kappa shape index (κ3) is 4.37. The molecule has 0 aliphatic heterocycles. The maximum atomic E-state index is 6.40. The van der Waals surface area contributed by atoms with E-state index in [0.717, 1.165) is 105 Å². The lowest BCUT2D eigenvalue weighted by atomic mass is 10.0. The quantitative estimate of drug-likeness (QED) is 0.190. The highest BCUT2D eigenvalue weighted by atomic mass is 16.3. The molecule has 0 bridgehead atoms. The minimum absolute atomic E-state index is 0.906. The predicted molar refractivity (Wildman–Crippen MR) is 211 cm³/mol. The van der Waals surface area contributed by atoms with Crippen LogP contribution in [0.25, 0.3) is 87.5 Å². The molecular weight excluding hydrogens is 625 g/mol. The Kier molecular flexibility index (Phi) is 5.92. The molecule has 0 fully saturated rings. The highest BCUT2D eigenvalue weighted by molar-refractivity contribution is 6.17. The number of pyridine rings is 1. The number of anilines is 3. The Balaban J connectivity index is 1.07. The lowest BCUT2D eigenvalue weighted by Crippen LogP contribution is -2.10. The summed E-state index contributed by atoms with van der Waals surface area (Å²) in [6, 6.07) is 58.0. The SMILES string of the molecule is c1cnc2ccc(-c3ccc(N(c4ccc5c(ccc6c7ccccc7oc56)c4)c4ccc5c(ccc6c7ccccc7oc56)c4)cc3)cc2c1. The first-order valence-corrected chi connectivity index (χ1v) is 17.2. The van der Waals surface area contributed by atoms with Crippen molar-refractivity contribution in [3.8, 4) is 11.1 Å². The number of para-hydroxylation sites is 2. The van der Waals surface area contributed by atoms with E-state index in [-0.39, 0.29) is 0 Å². The van der Waals surface area contributed by atoms with Gasteiger partial charge in [-0.3, -0.25) is 4.98 Å². The van der Waals surface area contributed by atoms with E-state index in [9.17, 15) is 0 Å². The number of furan rings is 2. The van der Waals surface area contributed by atoms with Gasteiger partial charge in [0.15, 0.2) is 0 Å². The molecule has 0 amide bonds. The largest absolute Gasteiger partial charge is 0.455 e. The standard InChI is InChI=1S/C47H28N2O2/c1-3-9-44-39(7-1)41-20-13-31-27-35(18-22-37(31)46(41)50-44)49(34-16-11-29(12-17-34)30-15-24-43-33(26-30)6-5-25-48-43)36-19-23-38-32(28-36)14-21-42-40-8-2-4-10-45(40)51-47(38)42/h1-28H. The third-order valence-corrected chi connectivity index (χ3v) is 10.3. The molecule has 0 aliphatic carbocycles. The van der Waals surface area contributed by atoms with Gasteiger partial charge in [-0.05, 0) is 113 Å². The number of aromatic nitrogens is 1. The number of hydrogen-bond donors (Lipinski definition) is 0. The van der Waals surface area contributed by atoms with Crippen molar-refractivity contribution >= 4 is 93.4 Å². The maximum Gasteiger partial charge on any atom is 0.143 e. The fourth-order valence-electron chi connectivity index (χ4n) is 7.78. The van der Waals surface area contributed by atoms with Crippen LogP contribution in [-0.4, -0.2) is 4.98 Å². The molecule has 0 saturated heterocycles. The van der Waals surface area contributed by atoms with Crippen molar-refractivity contribution in [1.29, 1.82) is 0 Å². The van der Waals surface area contributed by atoms with Crippen molar-refractivity contribution in [2.75, 3.05) is 4.90 Å². The molecule has 4 heteroatoms. The topological polar surface area (TPSA) is 42.4 Å². The van der Waals surface area contributed by atoms with Gasteiger partial charge in [0.1, 0.15) is 22.3 Å². The molecule has 51 heavy (non-hydrogen) atoms. The van der Waals surface area contributed by atoms with Gasteiger partial charge in [-0.2, -0.15) is 0 Å². The summed E-state index contributed by atoms with van der Waals surface area (Å²) in [7, 11) is 0. The van der Waals surface area contributed by atoms with Crippen molar-refractivity contribution in [1.82, 2.24) is 4.98 Å². The Hall–Kier alpha value is -6.91. The van der Waals surface area contributed by atoms with Crippen LogP contribution in [0.5, 0.6) is 0 Å². The maximum absolute atomic E-state index is 6.40. The van der Waals surface area contributed by atoms with Crippen molar-refractivity contribution in [3.05, 3.63) is 170 Å². The summed E-state index contributed by atoms with van der Waals surface area (Å²) in [6.07, 6.45) is 1.84. The van der Waals surface area contributed by atoms with E-state index in [2.05, 4.69) is 143 Å². The molecule has 0 aliphatic rings. The van der Waals surface area contributed by atoms with E-state index in [1.165, 1.54) is 0 Å². The van der Waals surface area contributed by atoms with Gasteiger partial charge in [-0.25, -0.2) is 0 Å². The Morgan fingerprint density at radius 1 is 0.373 bits per heavy atom. The summed E-state index contributed by atoms with van der Waals surface area (Å²) >= 11 is 0. The molecule has 11 rings (SSSR count). The molecule has 0 unspecified atom stereocenters. The Bertz CT molecular complexity index is 3000. The Labute approximate surface area is 292 Å². The van der Waals surface area contributed by atoms with Gasteiger partial charge in [0, 0.05) is 61.0 Å². The van der Waals surface area contributed by atoms with Crippen LogP contribution in [0.15, 0.2) is 179 Å². The van der Waals surface area contributed by atoms with Gasteiger partial charge in [0.25, 0.3) is 0 Å². The van der Waals surface area contributed by atoms with Gasteiger partial charge in [-0.1, -0.05) is 72.8 Å². The summed E-state index contributed by atoms with van der Waals surface area (Å²) in [5.74, 6) is 0. The van der Waals surface area contributed by atoms with Crippen molar-refractivity contribution in [2.45, 2.75) is 0 Å². The second kappa shape index (κ2) is 10.8. The molecule has 0 saturated carbocycles. The highest BCUT2D eigenvalue weighted by Crippen LogP contribution is 2.42. The predicted octanol–water partition coefficient (Wildman–Crippen LogP) is 13.5. The lowest BCUT2D eigenvalue weighted by molar-refractivity contribution is 0.672. The summed E-state index contributed by atoms with van der Waals surface area (Å²) in [6.45, 7) is 0. The van der Waals surface area contributed by atoms with E-state index in [1.54, 1.807) is 0 Å². The first-order chi connectivity index (χ1) is 25.2. The first kappa shape index (κ1) is 28.0. The Morgan fingerprint density at radius 2 is 0.922 bits per heavy atom. The van der Waals surface area contributed by atoms with Gasteiger partial charge in [-0.15, -0.1) is 0 Å². The average molecular weight is 653 g/mol. The fraction of sp³-hybridized carbons (Fsp3) is 0. The highest BCUT2D eigenvalue weighted by Gasteiger charge is 2.18.